The van der Waals surface area contributed by atoms with E-state index in [1.165, 1.54) is 0 Å². The first-order chi connectivity index (χ1) is 7.72. The number of nitriles is 1. The summed E-state index contributed by atoms with van der Waals surface area (Å²) in [5, 5.41) is 12.5. The van der Waals surface area contributed by atoms with Crippen molar-refractivity contribution in [3.8, 4) is 6.07 Å². The molecule has 0 amide bonds. The second-order valence-corrected chi connectivity index (χ2v) is 4.29. The summed E-state index contributed by atoms with van der Waals surface area (Å²) in [6.07, 6.45) is 1.67. The largest absolute Gasteiger partial charge is 0.364 e. The summed E-state index contributed by atoms with van der Waals surface area (Å²) in [6, 6.07) is 6.85. The number of nitrogens with one attached hydrogen (secondary N) is 1. The van der Waals surface area contributed by atoms with Gasteiger partial charge in [0.25, 0.3) is 0 Å². The second-order valence-electron chi connectivity index (χ2n) is 4.29. The maximum absolute atomic E-state index is 9.05. The Balaban J connectivity index is 2.32. The van der Waals surface area contributed by atoms with Crippen LogP contribution in [0.5, 0.6) is 0 Å². The van der Waals surface area contributed by atoms with Crippen molar-refractivity contribution in [3.63, 3.8) is 0 Å². The standard InChI is InChI=1S/C12H16N4/c1-9-8-16(10(2)7-15-9)12-4-3-5-14-11(12)6-13/h3-5,9-10,15H,7-8H2,1-2H3. The van der Waals surface area contributed by atoms with E-state index in [1.807, 2.05) is 12.1 Å². The predicted octanol–water partition coefficient (Wildman–Crippen LogP) is 1.14. The molecule has 1 aromatic rings. The van der Waals surface area contributed by atoms with Gasteiger partial charge < -0.3 is 10.2 Å². The van der Waals surface area contributed by atoms with Crippen molar-refractivity contribution in [2.75, 3.05) is 18.0 Å². The fourth-order valence-electron chi connectivity index (χ4n) is 2.07. The summed E-state index contributed by atoms with van der Waals surface area (Å²) in [4.78, 5) is 6.37. The lowest BCUT2D eigenvalue weighted by Crippen LogP contribution is -2.54. The van der Waals surface area contributed by atoms with Crippen molar-refractivity contribution in [2.45, 2.75) is 25.9 Å². The molecule has 1 aromatic heterocycles. The van der Waals surface area contributed by atoms with Gasteiger partial charge in [0.1, 0.15) is 6.07 Å². The summed E-state index contributed by atoms with van der Waals surface area (Å²) in [5.74, 6) is 0. The number of pyridine rings is 1. The minimum atomic E-state index is 0.396. The van der Waals surface area contributed by atoms with E-state index in [2.05, 4.69) is 35.1 Å². The molecule has 1 aliphatic heterocycles. The number of hydrogen-bond donors (Lipinski definition) is 1. The Labute approximate surface area is 95.9 Å². The Hall–Kier alpha value is -1.60. The van der Waals surface area contributed by atoms with Gasteiger partial charge in [0.05, 0.1) is 5.69 Å². The van der Waals surface area contributed by atoms with Crippen molar-refractivity contribution in [2.24, 2.45) is 0 Å². The van der Waals surface area contributed by atoms with Gasteiger partial charge >= 0.3 is 0 Å². The van der Waals surface area contributed by atoms with Crippen molar-refractivity contribution in [3.05, 3.63) is 24.0 Å². The van der Waals surface area contributed by atoms with E-state index in [4.69, 9.17) is 5.26 Å². The zero-order chi connectivity index (χ0) is 11.5. The molecule has 0 aliphatic carbocycles. The van der Waals surface area contributed by atoms with Crippen LogP contribution in [0.2, 0.25) is 0 Å². The SMILES string of the molecule is CC1CN(c2cccnc2C#N)C(C)CN1. The van der Waals surface area contributed by atoms with E-state index in [0.29, 0.717) is 17.8 Å². The Morgan fingerprint density at radius 2 is 2.38 bits per heavy atom. The predicted molar refractivity (Wildman–Crippen MR) is 63.2 cm³/mol. The highest BCUT2D eigenvalue weighted by Crippen LogP contribution is 2.22. The second kappa shape index (κ2) is 4.50. The highest BCUT2D eigenvalue weighted by atomic mass is 15.2. The quantitative estimate of drug-likeness (QED) is 0.765. The molecule has 2 rings (SSSR count). The number of rotatable bonds is 1. The summed E-state index contributed by atoms with van der Waals surface area (Å²) in [6.45, 7) is 6.18. The maximum Gasteiger partial charge on any atom is 0.163 e. The Morgan fingerprint density at radius 3 is 3.12 bits per heavy atom. The van der Waals surface area contributed by atoms with Gasteiger partial charge in [-0.1, -0.05) is 0 Å². The van der Waals surface area contributed by atoms with Gasteiger partial charge in [-0.05, 0) is 26.0 Å². The molecule has 0 saturated carbocycles. The van der Waals surface area contributed by atoms with Crippen LogP contribution in [0.15, 0.2) is 18.3 Å². The minimum Gasteiger partial charge on any atom is -0.364 e. The molecular formula is C12H16N4. The first kappa shape index (κ1) is 10.9. The average Bonchev–Trinajstić information content (AvgIpc) is 2.32. The Morgan fingerprint density at radius 1 is 1.56 bits per heavy atom. The fourth-order valence-corrected chi connectivity index (χ4v) is 2.07. The molecule has 2 unspecified atom stereocenters. The number of hydrogen-bond acceptors (Lipinski definition) is 4. The average molecular weight is 216 g/mol. The highest BCUT2D eigenvalue weighted by molar-refractivity contribution is 5.56. The van der Waals surface area contributed by atoms with Crippen LogP contribution in [0.4, 0.5) is 5.69 Å². The van der Waals surface area contributed by atoms with Crippen LogP contribution < -0.4 is 10.2 Å². The van der Waals surface area contributed by atoms with E-state index < -0.39 is 0 Å². The lowest BCUT2D eigenvalue weighted by atomic mass is 10.1. The smallest absolute Gasteiger partial charge is 0.163 e. The van der Waals surface area contributed by atoms with Crippen molar-refractivity contribution in [1.82, 2.24) is 10.3 Å². The molecule has 0 spiro atoms. The van der Waals surface area contributed by atoms with Crippen LogP contribution >= 0.6 is 0 Å². The number of nitrogens with zero attached hydrogens (tertiary/aromatic N) is 3. The Bertz CT molecular complexity index is 410. The molecule has 1 aliphatic rings. The van der Waals surface area contributed by atoms with E-state index in [1.54, 1.807) is 6.20 Å². The molecule has 2 atom stereocenters. The zero-order valence-electron chi connectivity index (χ0n) is 9.64. The minimum absolute atomic E-state index is 0.396. The monoisotopic (exact) mass is 216 g/mol. The van der Waals surface area contributed by atoms with E-state index in [9.17, 15) is 0 Å². The van der Waals surface area contributed by atoms with Gasteiger partial charge in [0, 0.05) is 31.4 Å². The number of anilines is 1. The molecule has 84 valence electrons. The molecular weight excluding hydrogens is 200 g/mol. The van der Waals surface area contributed by atoms with Crippen molar-refractivity contribution in [1.29, 1.82) is 5.26 Å². The van der Waals surface area contributed by atoms with Gasteiger partial charge in [0.2, 0.25) is 0 Å². The third-order valence-corrected chi connectivity index (χ3v) is 2.97. The van der Waals surface area contributed by atoms with Gasteiger partial charge in [-0.15, -0.1) is 0 Å². The molecule has 1 saturated heterocycles. The molecule has 2 heterocycles. The third-order valence-electron chi connectivity index (χ3n) is 2.97. The molecule has 1 fully saturated rings. The van der Waals surface area contributed by atoms with Crippen LogP contribution in [0, 0.1) is 11.3 Å². The number of aromatic nitrogens is 1. The van der Waals surface area contributed by atoms with Gasteiger partial charge in [0.15, 0.2) is 5.69 Å². The van der Waals surface area contributed by atoms with Crippen LogP contribution in [0.1, 0.15) is 19.5 Å². The molecule has 4 heteroatoms. The summed E-state index contributed by atoms with van der Waals surface area (Å²) >= 11 is 0. The number of piperazine rings is 1. The van der Waals surface area contributed by atoms with Gasteiger partial charge in [-0.3, -0.25) is 0 Å². The first-order valence-electron chi connectivity index (χ1n) is 5.57. The lowest BCUT2D eigenvalue weighted by molar-refractivity contribution is 0.424. The summed E-state index contributed by atoms with van der Waals surface area (Å²) in [7, 11) is 0. The molecule has 0 radical (unpaired) electrons. The molecule has 4 nitrogen and oxygen atoms in total. The molecule has 0 bridgehead atoms. The zero-order valence-corrected chi connectivity index (χ0v) is 9.64. The third kappa shape index (κ3) is 2.00. The van der Waals surface area contributed by atoms with Crippen molar-refractivity contribution >= 4 is 5.69 Å². The van der Waals surface area contributed by atoms with Crippen LogP contribution in [-0.4, -0.2) is 30.2 Å². The first-order valence-corrected chi connectivity index (χ1v) is 5.57. The molecule has 1 N–H and O–H groups in total. The van der Waals surface area contributed by atoms with E-state index in [-0.39, 0.29) is 0 Å². The molecule has 16 heavy (non-hydrogen) atoms. The topological polar surface area (TPSA) is 52.0 Å². The summed E-state index contributed by atoms with van der Waals surface area (Å²) in [5.41, 5.74) is 1.47. The Kier molecular flexibility index (Phi) is 3.07. The van der Waals surface area contributed by atoms with Crippen LogP contribution in [0.3, 0.4) is 0 Å². The van der Waals surface area contributed by atoms with Gasteiger partial charge in [-0.25, -0.2) is 4.98 Å². The molecule has 0 aromatic carbocycles. The van der Waals surface area contributed by atoms with Crippen molar-refractivity contribution < 1.29 is 0 Å². The van der Waals surface area contributed by atoms with E-state index >= 15 is 0 Å². The van der Waals surface area contributed by atoms with E-state index in [0.717, 1.165) is 18.8 Å². The highest BCUT2D eigenvalue weighted by Gasteiger charge is 2.24. The van der Waals surface area contributed by atoms with Crippen LogP contribution in [0.25, 0.3) is 0 Å². The summed E-state index contributed by atoms with van der Waals surface area (Å²) < 4.78 is 0. The van der Waals surface area contributed by atoms with Gasteiger partial charge in [-0.2, -0.15) is 5.26 Å². The fraction of sp³-hybridized carbons (Fsp3) is 0.500. The maximum atomic E-state index is 9.05. The normalized spacial score (nSPS) is 25.2. The van der Waals surface area contributed by atoms with Crippen LogP contribution in [-0.2, 0) is 0 Å². The lowest BCUT2D eigenvalue weighted by Gasteiger charge is -2.39.